The fourth-order valence-electron chi connectivity index (χ4n) is 3.35. The predicted octanol–water partition coefficient (Wildman–Crippen LogP) is 3.12. The Hall–Kier alpha value is -1.66. The van der Waals surface area contributed by atoms with E-state index in [2.05, 4.69) is 12.2 Å². The number of carbonyl (C=O) groups is 1. The Kier molecular flexibility index (Phi) is 9.02. The van der Waals surface area contributed by atoms with Gasteiger partial charge in [0.15, 0.2) is 11.5 Å². The van der Waals surface area contributed by atoms with E-state index in [9.17, 15) is 4.79 Å². The third-order valence-electron chi connectivity index (χ3n) is 5.05. The number of methoxy groups -OCH3 is 3. The largest absolute Gasteiger partial charge is 0.493 e. The van der Waals surface area contributed by atoms with Crippen LogP contribution in [0.25, 0.3) is 0 Å². The van der Waals surface area contributed by atoms with E-state index in [1.165, 1.54) is 12.8 Å². The summed E-state index contributed by atoms with van der Waals surface area (Å²) in [4.78, 5) is 14.4. The molecule has 148 valence electrons. The number of amides is 1. The van der Waals surface area contributed by atoms with Crippen LogP contribution >= 0.6 is 12.4 Å². The minimum absolute atomic E-state index is 0. The monoisotopic (exact) mass is 386 g/mol. The molecular weight excluding hydrogens is 356 g/mol. The van der Waals surface area contributed by atoms with E-state index in [1.54, 1.807) is 45.4 Å². The van der Waals surface area contributed by atoms with Gasteiger partial charge in [-0.05, 0) is 37.8 Å². The minimum atomic E-state index is 0. The van der Waals surface area contributed by atoms with E-state index in [0.717, 1.165) is 18.8 Å². The topological polar surface area (TPSA) is 60.0 Å². The van der Waals surface area contributed by atoms with Crippen LogP contribution in [0.1, 0.15) is 26.2 Å². The van der Waals surface area contributed by atoms with Crippen molar-refractivity contribution in [2.45, 2.75) is 26.2 Å². The lowest BCUT2D eigenvalue weighted by molar-refractivity contribution is -0.119. The zero-order valence-corrected chi connectivity index (χ0v) is 17.1. The summed E-state index contributed by atoms with van der Waals surface area (Å²) in [6.45, 7) is 4.25. The molecule has 0 bridgehead atoms. The standard InChI is InChI=1S/C19H30N2O4.ClH/c1-13(14-7-6-8-20-12-14)9-18(22)21(2)15-10-16(23-3)19(25-5)17(11-15)24-4;/h10-11,13-14,20H,6-9,12H2,1-5H3;1H. The first-order chi connectivity index (χ1) is 12.0. The van der Waals surface area contributed by atoms with Crippen molar-refractivity contribution >= 4 is 24.0 Å². The number of hydrogen-bond donors (Lipinski definition) is 1. The van der Waals surface area contributed by atoms with Crippen molar-refractivity contribution in [3.63, 3.8) is 0 Å². The fourth-order valence-corrected chi connectivity index (χ4v) is 3.35. The average molecular weight is 387 g/mol. The van der Waals surface area contributed by atoms with Gasteiger partial charge in [-0.3, -0.25) is 4.79 Å². The highest BCUT2D eigenvalue weighted by Gasteiger charge is 2.25. The number of nitrogens with zero attached hydrogens (tertiary/aromatic N) is 1. The van der Waals surface area contributed by atoms with Crippen LogP contribution in [-0.4, -0.2) is 47.4 Å². The lowest BCUT2D eigenvalue weighted by atomic mass is 9.85. The second-order valence-electron chi connectivity index (χ2n) is 6.62. The van der Waals surface area contributed by atoms with Crippen LogP contribution < -0.4 is 24.4 Å². The van der Waals surface area contributed by atoms with E-state index in [1.807, 2.05) is 0 Å². The molecule has 1 aliphatic heterocycles. The van der Waals surface area contributed by atoms with Crippen LogP contribution in [0.5, 0.6) is 17.2 Å². The fraction of sp³-hybridized carbons (Fsp3) is 0.632. The van der Waals surface area contributed by atoms with Gasteiger partial charge in [0.2, 0.25) is 11.7 Å². The number of rotatable bonds is 7. The number of nitrogens with one attached hydrogen (secondary N) is 1. The summed E-state index contributed by atoms with van der Waals surface area (Å²) in [5, 5.41) is 3.42. The van der Waals surface area contributed by atoms with Gasteiger partial charge in [-0.1, -0.05) is 6.92 Å². The molecule has 1 amide bonds. The van der Waals surface area contributed by atoms with Gasteiger partial charge in [0.05, 0.1) is 27.0 Å². The first-order valence-corrected chi connectivity index (χ1v) is 8.79. The Labute approximate surface area is 162 Å². The number of carbonyl (C=O) groups excluding carboxylic acids is 1. The van der Waals surface area contributed by atoms with Crippen LogP contribution in [-0.2, 0) is 4.79 Å². The molecule has 0 spiro atoms. The molecule has 0 aromatic heterocycles. The van der Waals surface area contributed by atoms with E-state index < -0.39 is 0 Å². The summed E-state index contributed by atoms with van der Waals surface area (Å²) < 4.78 is 16.1. The van der Waals surface area contributed by atoms with Gasteiger partial charge in [0, 0.05) is 25.6 Å². The molecule has 2 unspecified atom stereocenters. The van der Waals surface area contributed by atoms with Crippen molar-refractivity contribution < 1.29 is 19.0 Å². The van der Waals surface area contributed by atoms with Crippen LogP contribution in [0.3, 0.4) is 0 Å². The third kappa shape index (κ3) is 5.17. The molecule has 1 heterocycles. The summed E-state index contributed by atoms with van der Waals surface area (Å²) in [6, 6.07) is 3.60. The number of piperidine rings is 1. The molecule has 0 saturated carbocycles. The van der Waals surface area contributed by atoms with Crippen molar-refractivity contribution in [2.24, 2.45) is 11.8 Å². The molecule has 1 aromatic carbocycles. The highest BCUT2D eigenvalue weighted by molar-refractivity contribution is 5.93. The molecule has 1 aromatic rings. The first-order valence-electron chi connectivity index (χ1n) is 8.79. The molecule has 2 rings (SSSR count). The Balaban J connectivity index is 0.00000338. The van der Waals surface area contributed by atoms with Gasteiger partial charge in [-0.25, -0.2) is 0 Å². The van der Waals surface area contributed by atoms with Crippen LogP contribution in [0.2, 0.25) is 0 Å². The Morgan fingerprint density at radius 1 is 1.23 bits per heavy atom. The third-order valence-corrected chi connectivity index (χ3v) is 5.05. The first kappa shape index (κ1) is 22.4. The minimum Gasteiger partial charge on any atom is -0.493 e. The number of ether oxygens (including phenoxy) is 3. The molecule has 26 heavy (non-hydrogen) atoms. The highest BCUT2D eigenvalue weighted by atomic mass is 35.5. The molecule has 1 N–H and O–H groups in total. The molecule has 1 saturated heterocycles. The molecule has 7 heteroatoms. The molecule has 0 aliphatic carbocycles. The Morgan fingerprint density at radius 3 is 2.31 bits per heavy atom. The van der Waals surface area contributed by atoms with Crippen LogP contribution in [0.4, 0.5) is 5.69 Å². The number of benzene rings is 1. The summed E-state index contributed by atoms with van der Waals surface area (Å²) in [5.74, 6) is 2.61. The van der Waals surface area contributed by atoms with Gasteiger partial charge in [0.1, 0.15) is 0 Å². The summed E-state index contributed by atoms with van der Waals surface area (Å²) in [5.41, 5.74) is 0.730. The van der Waals surface area contributed by atoms with Gasteiger partial charge in [-0.15, -0.1) is 12.4 Å². The quantitative estimate of drug-likeness (QED) is 0.780. The lowest BCUT2D eigenvalue weighted by Crippen LogP contribution is -2.36. The maximum Gasteiger partial charge on any atom is 0.227 e. The Morgan fingerprint density at radius 2 is 1.85 bits per heavy atom. The van der Waals surface area contributed by atoms with Gasteiger partial charge in [0.25, 0.3) is 0 Å². The van der Waals surface area contributed by atoms with Crippen molar-refractivity contribution in [3.05, 3.63) is 12.1 Å². The predicted molar refractivity (Wildman–Crippen MR) is 106 cm³/mol. The average Bonchev–Trinajstić information content (AvgIpc) is 2.66. The maximum absolute atomic E-state index is 12.7. The van der Waals surface area contributed by atoms with Crippen molar-refractivity contribution in [1.82, 2.24) is 5.32 Å². The summed E-state index contributed by atoms with van der Waals surface area (Å²) >= 11 is 0. The van der Waals surface area contributed by atoms with E-state index in [0.29, 0.717) is 35.5 Å². The van der Waals surface area contributed by atoms with E-state index >= 15 is 0 Å². The molecule has 1 fully saturated rings. The lowest BCUT2D eigenvalue weighted by Gasteiger charge is -2.29. The SMILES string of the molecule is COc1cc(N(C)C(=O)CC(C)C2CCCNC2)cc(OC)c1OC.Cl. The molecule has 0 radical (unpaired) electrons. The molecule has 6 nitrogen and oxygen atoms in total. The van der Waals surface area contributed by atoms with E-state index in [4.69, 9.17) is 14.2 Å². The van der Waals surface area contributed by atoms with Crippen LogP contribution in [0, 0.1) is 11.8 Å². The summed E-state index contributed by atoms with van der Waals surface area (Å²) in [6.07, 6.45) is 2.90. The van der Waals surface area contributed by atoms with Crippen LogP contribution in [0.15, 0.2) is 12.1 Å². The molecule has 1 aliphatic rings. The number of hydrogen-bond acceptors (Lipinski definition) is 5. The number of halogens is 1. The molecular formula is C19H31ClN2O4. The smallest absolute Gasteiger partial charge is 0.227 e. The van der Waals surface area contributed by atoms with E-state index in [-0.39, 0.29) is 18.3 Å². The zero-order chi connectivity index (χ0) is 18.4. The second-order valence-corrected chi connectivity index (χ2v) is 6.62. The maximum atomic E-state index is 12.7. The van der Waals surface area contributed by atoms with Gasteiger partial charge in [-0.2, -0.15) is 0 Å². The van der Waals surface area contributed by atoms with Gasteiger partial charge >= 0.3 is 0 Å². The van der Waals surface area contributed by atoms with Crippen molar-refractivity contribution in [2.75, 3.05) is 46.4 Å². The zero-order valence-electron chi connectivity index (χ0n) is 16.3. The van der Waals surface area contributed by atoms with Crippen molar-refractivity contribution in [1.29, 1.82) is 0 Å². The normalized spacial score (nSPS) is 17.7. The van der Waals surface area contributed by atoms with Crippen molar-refractivity contribution in [3.8, 4) is 17.2 Å². The Bertz CT molecular complexity index is 566. The molecule has 2 atom stereocenters. The highest BCUT2D eigenvalue weighted by Crippen LogP contribution is 2.41. The summed E-state index contributed by atoms with van der Waals surface area (Å²) in [7, 11) is 6.49. The number of anilines is 1. The van der Waals surface area contributed by atoms with Gasteiger partial charge < -0.3 is 24.4 Å². The second kappa shape index (κ2) is 10.5.